The van der Waals surface area contributed by atoms with Crippen molar-refractivity contribution in [2.24, 2.45) is 0 Å². The Morgan fingerprint density at radius 1 is 1.25 bits per heavy atom. The number of hydrogen-bond donors (Lipinski definition) is 1. The van der Waals surface area contributed by atoms with E-state index < -0.39 is 0 Å². The summed E-state index contributed by atoms with van der Waals surface area (Å²) in [5.41, 5.74) is 1.03. The summed E-state index contributed by atoms with van der Waals surface area (Å²) in [5, 5.41) is 3.07. The smallest absolute Gasteiger partial charge is 0.260 e. The summed E-state index contributed by atoms with van der Waals surface area (Å²) in [5.74, 6) is 0.891. The van der Waals surface area contributed by atoms with E-state index in [-0.39, 0.29) is 24.5 Å². The maximum absolute atomic E-state index is 12.3. The van der Waals surface area contributed by atoms with E-state index in [4.69, 9.17) is 4.74 Å². The number of piperidine rings is 1. The van der Waals surface area contributed by atoms with Gasteiger partial charge >= 0.3 is 0 Å². The zero-order valence-corrected chi connectivity index (χ0v) is 14.7. The van der Waals surface area contributed by atoms with Crippen molar-refractivity contribution < 1.29 is 14.3 Å². The van der Waals surface area contributed by atoms with Crippen molar-refractivity contribution in [2.45, 2.75) is 52.0 Å². The summed E-state index contributed by atoms with van der Waals surface area (Å²) in [6.07, 6.45) is 4.18. The monoisotopic (exact) mass is 332 g/mol. The Morgan fingerprint density at radius 3 is 2.62 bits per heavy atom. The number of para-hydroxylation sites is 1. The molecule has 5 nitrogen and oxygen atoms in total. The predicted octanol–water partition coefficient (Wildman–Crippen LogP) is 2.67. The number of nitrogens with one attached hydrogen (secondary N) is 1. The van der Waals surface area contributed by atoms with Crippen LogP contribution < -0.4 is 10.1 Å². The van der Waals surface area contributed by atoms with Gasteiger partial charge in [0, 0.05) is 25.6 Å². The number of likely N-dealkylation sites (tertiary alicyclic amines) is 1. The summed E-state index contributed by atoms with van der Waals surface area (Å²) in [6.45, 7) is 5.46. The van der Waals surface area contributed by atoms with Crippen LogP contribution in [0.4, 0.5) is 0 Å². The molecule has 1 aromatic carbocycles. The summed E-state index contributed by atoms with van der Waals surface area (Å²) < 4.78 is 5.63. The normalized spacial score (nSPS) is 15.2. The molecule has 1 aliphatic rings. The molecule has 1 fully saturated rings. The van der Waals surface area contributed by atoms with Gasteiger partial charge in [-0.25, -0.2) is 0 Å². The number of unbranched alkanes of at least 4 members (excludes halogenated alkanes) is 1. The molecule has 24 heavy (non-hydrogen) atoms. The molecular weight excluding hydrogens is 304 g/mol. The van der Waals surface area contributed by atoms with Gasteiger partial charge in [-0.1, -0.05) is 31.5 Å². The predicted molar refractivity (Wildman–Crippen MR) is 93.9 cm³/mol. The van der Waals surface area contributed by atoms with Gasteiger partial charge < -0.3 is 15.0 Å². The summed E-state index contributed by atoms with van der Waals surface area (Å²) >= 11 is 0. The van der Waals surface area contributed by atoms with Crippen LogP contribution in [0.1, 0.15) is 44.6 Å². The lowest BCUT2D eigenvalue weighted by atomic mass is 10.0. The number of carbonyl (C=O) groups excluding carboxylic acids is 2. The van der Waals surface area contributed by atoms with E-state index >= 15 is 0 Å². The highest BCUT2D eigenvalue weighted by molar-refractivity contribution is 5.78. The number of ether oxygens (including phenoxy) is 1. The molecule has 1 saturated heterocycles. The number of amides is 2. The molecule has 0 aliphatic carbocycles. The van der Waals surface area contributed by atoms with E-state index in [1.807, 2.05) is 36.1 Å². The largest absolute Gasteiger partial charge is 0.484 e. The molecule has 5 heteroatoms. The standard InChI is InChI=1S/C19H28N2O3/c1-3-4-9-18(22)20-16-10-12-21(13-11-16)19(23)14-24-17-8-6-5-7-15(17)2/h5-8,16H,3-4,9-14H2,1-2H3,(H,20,22). The number of carbonyl (C=O) groups is 2. The molecule has 0 spiro atoms. The van der Waals surface area contributed by atoms with Crippen LogP contribution in [0.5, 0.6) is 5.75 Å². The average Bonchev–Trinajstić information content (AvgIpc) is 2.59. The lowest BCUT2D eigenvalue weighted by molar-refractivity contribution is -0.134. The van der Waals surface area contributed by atoms with Crippen LogP contribution in [-0.4, -0.2) is 42.5 Å². The fourth-order valence-corrected chi connectivity index (χ4v) is 2.86. The molecule has 2 rings (SSSR count). The van der Waals surface area contributed by atoms with Crippen molar-refractivity contribution in [1.82, 2.24) is 10.2 Å². The summed E-state index contributed by atoms with van der Waals surface area (Å²) in [4.78, 5) is 25.9. The molecule has 0 saturated carbocycles. The highest BCUT2D eigenvalue weighted by atomic mass is 16.5. The lowest BCUT2D eigenvalue weighted by Gasteiger charge is -2.32. The number of nitrogens with zero attached hydrogens (tertiary/aromatic N) is 1. The van der Waals surface area contributed by atoms with Crippen LogP contribution in [0, 0.1) is 6.92 Å². The number of aryl methyl sites for hydroxylation is 1. The van der Waals surface area contributed by atoms with Crippen LogP contribution in [0.25, 0.3) is 0 Å². The first-order valence-corrected chi connectivity index (χ1v) is 8.85. The molecule has 1 aliphatic heterocycles. The molecule has 0 unspecified atom stereocenters. The Kier molecular flexibility index (Phi) is 7.09. The fraction of sp³-hybridized carbons (Fsp3) is 0.579. The second-order valence-corrected chi connectivity index (χ2v) is 6.38. The molecule has 1 aromatic rings. The van der Waals surface area contributed by atoms with E-state index in [0.29, 0.717) is 19.5 Å². The van der Waals surface area contributed by atoms with Crippen LogP contribution in [0.15, 0.2) is 24.3 Å². The average molecular weight is 332 g/mol. The first kappa shape index (κ1) is 18.3. The summed E-state index contributed by atoms with van der Waals surface area (Å²) in [7, 11) is 0. The van der Waals surface area contributed by atoms with Crippen molar-refractivity contribution in [3.8, 4) is 5.75 Å². The van der Waals surface area contributed by atoms with Gasteiger partial charge in [0.1, 0.15) is 5.75 Å². The molecule has 0 radical (unpaired) electrons. The highest BCUT2D eigenvalue weighted by Gasteiger charge is 2.24. The summed E-state index contributed by atoms with van der Waals surface area (Å²) in [6, 6.07) is 7.88. The zero-order chi connectivity index (χ0) is 17.4. The van der Waals surface area contributed by atoms with Crippen molar-refractivity contribution in [3.63, 3.8) is 0 Å². The molecular formula is C19H28N2O3. The van der Waals surface area contributed by atoms with Gasteiger partial charge in [-0.3, -0.25) is 9.59 Å². The minimum absolute atomic E-state index is 0.00834. The second-order valence-electron chi connectivity index (χ2n) is 6.38. The molecule has 0 aromatic heterocycles. The van der Waals surface area contributed by atoms with Crippen molar-refractivity contribution in [2.75, 3.05) is 19.7 Å². The van der Waals surface area contributed by atoms with E-state index in [9.17, 15) is 9.59 Å². The minimum Gasteiger partial charge on any atom is -0.484 e. The minimum atomic E-state index is 0.00834. The van der Waals surface area contributed by atoms with Crippen LogP contribution in [0.3, 0.4) is 0 Å². The van der Waals surface area contributed by atoms with Gasteiger partial charge in [0.2, 0.25) is 5.91 Å². The van der Waals surface area contributed by atoms with Gasteiger partial charge in [0.05, 0.1) is 0 Å². The third-order valence-electron chi connectivity index (χ3n) is 4.41. The lowest BCUT2D eigenvalue weighted by Crippen LogP contribution is -2.47. The molecule has 0 atom stereocenters. The van der Waals surface area contributed by atoms with Gasteiger partial charge in [-0.2, -0.15) is 0 Å². The third-order valence-corrected chi connectivity index (χ3v) is 4.41. The van der Waals surface area contributed by atoms with Gasteiger partial charge in [0.15, 0.2) is 6.61 Å². The topological polar surface area (TPSA) is 58.6 Å². The second kappa shape index (κ2) is 9.30. The number of rotatable bonds is 7. The number of hydrogen-bond acceptors (Lipinski definition) is 3. The molecule has 1 heterocycles. The first-order chi connectivity index (χ1) is 11.6. The Morgan fingerprint density at radius 2 is 1.96 bits per heavy atom. The Bertz CT molecular complexity index is 551. The Balaban J connectivity index is 1.71. The SMILES string of the molecule is CCCCC(=O)NC1CCN(C(=O)COc2ccccc2C)CC1. The van der Waals surface area contributed by atoms with Gasteiger partial charge in [0.25, 0.3) is 5.91 Å². The maximum Gasteiger partial charge on any atom is 0.260 e. The van der Waals surface area contributed by atoms with Gasteiger partial charge in [-0.15, -0.1) is 0 Å². The van der Waals surface area contributed by atoms with E-state index in [1.54, 1.807) is 0 Å². The maximum atomic E-state index is 12.3. The van der Waals surface area contributed by atoms with Crippen LogP contribution in [-0.2, 0) is 9.59 Å². The zero-order valence-electron chi connectivity index (χ0n) is 14.7. The number of benzene rings is 1. The molecule has 0 bridgehead atoms. The van der Waals surface area contributed by atoms with E-state index in [2.05, 4.69) is 12.2 Å². The van der Waals surface area contributed by atoms with Crippen molar-refractivity contribution in [3.05, 3.63) is 29.8 Å². The molecule has 1 N–H and O–H groups in total. The fourth-order valence-electron chi connectivity index (χ4n) is 2.86. The third kappa shape index (κ3) is 5.55. The Hall–Kier alpha value is -2.04. The van der Waals surface area contributed by atoms with E-state index in [1.165, 1.54) is 0 Å². The van der Waals surface area contributed by atoms with Crippen molar-refractivity contribution >= 4 is 11.8 Å². The first-order valence-electron chi connectivity index (χ1n) is 8.85. The van der Waals surface area contributed by atoms with E-state index in [0.717, 1.165) is 37.0 Å². The molecule has 2 amide bonds. The Labute approximate surface area is 144 Å². The van der Waals surface area contributed by atoms with Crippen molar-refractivity contribution in [1.29, 1.82) is 0 Å². The van der Waals surface area contributed by atoms with Gasteiger partial charge in [-0.05, 0) is 37.8 Å². The highest BCUT2D eigenvalue weighted by Crippen LogP contribution is 2.17. The quantitative estimate of drug-likeness (QED) is 0.835. The van der Waals surface area contributed by atoms with Crippen LogP contribution in [0.2, 0.25) is 0 Å². The molecule has 132 valence electrons. The van der Waals surface area contributed by atoms with Crippen LogP contribution >= 0.6 is 0 Å².